The van der Waals surface area contributed by atoms with E-state index in [1.807, 2.05) is 0 Å². The predicted octanol–water partition coefficient (Wildman–Crippen LogP) is 0.559. The fourth-order valence-electron chi connectivity index (χ4n) is 2.70. The lowest BCUT2D eigenvalue weighted by Crippen LogP contribution is -2.52. The van der Waals surface area contributed by atoms with E-state index in [-0.39, 0.29) is 13.2 Å². The second-order valence-electron chi connectivity index (χ2n) is 6.56. The van der Waals surface area contributed by atoms with Crippen molar-refractivity contribution in [3.8, 4) is 0 Å². The molecular weight excluding hydrogens is 404 g/mol. The molecule has 0 N–H and O–H groups in total. The van der Waals surface area contributed by atoms with Gasteiger partial charge in [-0.3, -0.25) is 24.0 Å². The molecule has 11 heteroatoms. The van der Waals surface area contributed by atoms with Gasteiger partial charge in [-0.25, -0.2) is 0 Å². The number of esters is 5. The number of ether oxygens (including phenoxy) is 6. The van der Waals surface area contributed by atoms with Gasteiger partial charge in [0.05, 0.1) is 6.61 Å². The van der Waals surface area contributed by atoms with Gasteiger partial charge < -0.3 is 28.4 Å². The van der Waals surface area contributed by atoms with Crippen molar-refractivity contribution in [3.63, 3.8) is 0 Å². The van der Waals surface area contributed by atoms with Gasteiger partial charge in [-0.2, -0.15) is 0 Å². The summed E-state index contributed by atoms with van der Waals surface area (Å²) in [6.45, 7) is 6.78. The van der Waals surface area contributed by atoms with Crippen molar-refractivity contribution in [3.05, 3.63) is 0 Å². The van der Waals surface area contributed by atoms with Crippen LogP contribution in [-0.2, 0) is 52.4 Å². The first kappa shape index (κ1) is 27.3. The molecule has 0 heterocycles. The zero-order chi connectivity index (χ0) is 23.4. The summed E-state index contributed by atoms with van der Waals surface area (Å²) >= 11 is 0. The molecular formula is C19H30O11. The van der Waals surface area contributed by atoms with Crippen molar-refractivity contribution in [1.29, 1.82) is 0 Å². The Morgan fingerprint density at radius 2 is 1.03 bits per heavy atom. The maximum Gasteiger partial charge on any atom is 0.303 e. The zero-order valence-corrected chi connectivity index (χ0v) is 18.3. The molecule has 0 bridgehead atoms. The quantitative estimate of drug-likeness (QED) is 0.314. The number of carbonyl (C=O) groups is 5. The van der Waals surface area contributed by atoms with Crippen LogP contribution in [0.3, 0.4) is 0 Å². The van der Waals surface area contributed by atoms with Crippen LogP contribution in [0, 0.1) is 5.92 Å². The summed E-state index contributed by atoms with van der Waals surface area (Å²) in [6, 6.07) is 0. The van der Waals surface area contributed by atoms with Crippen molar-refractivity contribution in [2.45, 2.75) is 66.0 Å². The fraction of sp³-hybridized carbons (Fsp3) is 0.737. The number of carbonyl (C=O) groups excluding carboxylic acids is 5. The Bertz CT molecular complexity index is 616. The molecule has 11 nitrogen and oxygen atoms in total. The molecule has 0 amide bonds. The lowest BCUT2D eigenvalue weighted by Gasteiger charge is -2.37. The molecule has 3 unspecified atom stereocenters. The summed E-state index contributed by atoms with van der Waals surface area (Å²) in [5.41, 5.74) is 0. The average molecular weight is 434 g/mol. The van der Waals surface area contributed by atoms with E-state index in [9.17, 15) is 24.0 Å². The predicted molar refractivity (Wildman–Crippen MR) is 99.9 cm³/mol. The molecule has 0 aliphatic heterocycles. The first-order valence-electron chi connectivity index (χ1n) is 9.20. The Labute approximate surface area is 175 Å². The standard InChI is InChI=1S/C19H30O11/c1-10(16(27-12(3)21)9-26-11(2)20)18(29-14(5)23)19(30-15(6)24)17(8-25-7)28-13(4)22/h10,16-19H,8-9H2,1-7H3/t10?,16-,17+,18?,19?/m1/s1. The SMILES string of the molecule is COC[C@H](OC(C)=O)C(OC(C)=O)C(OC(C)=O)C(C)[C@@H](COC(C)=O)OC(C)=O. The highest BCUT2D eigenvalue weighted by Gasteiger charge is 2.43. The van der Waals surface area contributed by atoms with Gasteiger partial charge in [0.15, 0.2) is 12.2 Å². The minimum Gasteiger partial charge on any atom is -0.462 e. The van der Waals surface area contributed by atoms with E-state index in [2.05, 4.69) is 0 Å². The Balaban J connectivity index is 6.11. The number of methoxy groups -OCH3 is 1. The summed E-state index contributed by atoms with van der Waals surface area (Å²) < 4.78 is 31.1. The van der Waals surface area contributed by atoms with Crippen molar-refractivity contribution in [2.24, 2.45) is 5.92 Å². The summed E-state index contributed by atoms with van der Waals surface area (Å²) in [5, 5.41) is 0. The topological polar surface area (TPSA) is 141 Å². The van der Waals surface area contributed by atoms with Gasteiger partial charge in [-0.05, 0) is 0 Å². The van der Waals surface area contributed by atoms with Crippen LogP contribution in [-0.4, -0.2) is 74.6 Å². The lowest BCUT2D eigenvalue weighted by molar-refractivity contribution is -0.198. The molecule has 0 aliphatic rings. The van der Waals surface area contributed by atoms with E-state index in [1.165, 1.54) is 14.0 Å². The maximum absolute atomic E-state index is 11.8. The van der Waals surface area contributed by atoms with Gasteiger partial charge in [0.25, 0.3) is 0 Å². The minimum atomic E-state index is -1.29. The third kappa shape index (κ3) is 10.7. The van der Waals surface area contributed by atoms with Crippen LogP contribution in [0.15, 0.2) is 0 Å². The first-order chi connectivity index (χ1) is 13.9. The molecule has 0 saturated carbocycles. The fourth-order valence-corrected chi connectivity index (χ4v) is 2.70. The molecule has 0 rings (SSSR count). The van der Waals surface area contributed by atoms with Gasteiger partial charge in [-0.15, -0.1) is 0 Å². The van der Waals surface area contributed by atoms with Crippen LogP contribution in [0.1, 0.15) is 41.5 Å². The third-order valence-electron chi connectivity index (χ3n) is 3.82. The summed E-state index contributed by atoms with van der Waals surface area (Å²) in [6.07, 6.45) is -4.70. The Hall–Kier alpha value is -2.69. The molecule has 0 saturated heterocycles. The summed E-state index contributed by atoms with van der Waals surface area (Å²) in [5.74, 6) is -4.26. The van der Waals surface area contributed by atoms with Crippen molar-refractivity contribution < 1.29 is 52.4 Å². The average Bonchev–Trinajstić information content (AvgIpc) is 2.59. The van der Waals surface area contributed by atoms with E-state index < -0.39 is 60.2 Å². The molecule has 0 aromatic carbocycles. The van der Waals surface area contributed by atoms with Crippen molar-refractivity contribution >= 4 is 29.8 Å². The first-order valence-corrected chi connectivity index (χ1v) is 9.20. The largest absolute Gasteiger partial charge is 0.462 e. The number of rotatable bonds is 12. The molecule has 5 atom stereocenters. The molecule has 30 heavy (non-hydrogen) atoms. The smallest absolute Gasteiger partial charge is 0.303 e. The monoisotopic (exact) mass is 434 g/mol. The second-order valence-corrected chi connectivity index (χ2v) is 6.56. The van der Waals surface area contributed by atoms with E-state index in [4.69, 9.17) is 28.4 Å². The second kappa shape index (κ2) is 13.5. The maximum atomic E-state index is 11.8. The van der Waals surface area contributed by atoms with Crippen LogP contribution >= 0.6 is 0 Å². The molecule has 0 aromatic heterocycles. The minimum absolute atomic E-state index is 0.176. The number of hydrogen-bond acceptors (Lipinski definition) is 11. The zero-order valence-electron chi connectivity index (χ0n) is 18.3. The van der Waals surface area contributed by atoms with Gasteiger partial charge in [0, 0.05) is 47.6 Å². The molecule has 0 spiro atoms. The highest BCUT2D eigenvalue weighted by Crippen LogP contribution is 2.25. The molecule has 0 aromatic rings. The van der Waals surface area contributed by atoms with Crippen molar-refractivity contribution in [2.75, 3.05) is 20.3 Å². The lowest BCUT2D eigenvalue weighted by atomic mass is 9.91. The van der Waals surface area contributed by atoms with E-state index in [0.29, 0.717) is 0 Å². The Kier molecular flexibility index (Phi) is 12.3. The third-order valence-corrected chi connectivity index (χ3v) is 3.82. The Morgan fingerprint density at radius 1 is 0.600 bits per heavy atom. The molecule has 0 radical (unpaired) electrons. The Morgan fingerprint density at radius 3 is 1.43 bits per heavy atom. The van der Waals surface area contributed by atoms with E-state index in [0.717, 1.165) is 27.7 Å². The van der Waals surface area contributed by atoms with Crippen LogP contribution in [0.4, 0.5) is 0 Å². The van der Waals surface area contributed by atoms with Gasteiger partial charge in [0.1, 0.15) is 18.8 Å². The van der Waals surface area contributed by atoms with Gasteiger partial charge in [-0.1, -0.05) is 6.92 Å². The highest BCUT2D eigenvalue weighted by atomic mass is 16.6. The summed E-state index contributed by atoms with van der Waals surface area (Å²) in [4.78, 5) is 57.8. The number of hydrogen-bond donors (Lipinski definition) is 0. The normalized spacial score (nSPS) is 15.6. The van der Waals surface area contributed by atoms with E-state index in [1.54, 1.807) is 6.92 Å². The van der Waals surface area contributed by atoms with Crippen molar-refractivity contribution in [1.82, 2.24) is 0 Å². The van der Waals surface area contributed by atoms with Crippen LogP contribution < -0.4 is 0 Å². The van der Waals surface area contributed by atoms with Gasteiger partial charge in [0.2, 0.25) is 0 Å². The summed E-state index contributed by atoms with van der Waals surface area (Å²) in [7, 11) is 1.34. The van der Waals surface area contributed by atoms with Crippen LogP contribution in [0.5, 0.6) is 0 Å². The van der Waals surface area contributed by atoms with Gasteiger partial charge >= 0.3 is 29.8 Å². The van der Waals surface area contributed by atoms with Crippen LogP contribution in [0.25, 0.3) is 0 Å². The molecule has 0 aliphatic carbocycles. The van der Waals surface area contributed by atoms with Crippen LogP contribution in [0.2, 0.25) is 0 Å². The molecule has 0 fully saturated rings. The molecule has 172 valence electrons. The highest BCUT2D eigenvalue weighted by molar-refractivity contribution is 5.69. The van der Waals surface area contributed by atoms with E-state index >= 15 is 0 Å².